The molecule has 0 aliphatic carbocycles. The van der Waals surface area contributed by atoms with Crippen LogP contribution in [0.4, 0.5) is 10.1 Å². The third-order valence-corrected chi connectivity index (χ3v) is 6.23. The molecule has 2 aromatic carbocycles. The molecule has 0 fully saturated rings. The Morgan fingerprint density at radius 2 is 1.89 bits per heavy atom. The molecule has 0 bridgehead atoms. The van der Waals surface area contributed by atoms with Gasteiger partial charge < -0.3 is 4.90 Å². The van der Waals surface area contributed by atoms with Gasteiger partial charge >= 0.3 is 0 Å². The fraction of sp³-hybridized carbons (Fsp3) is 0.158. The molecule has 1 aromatic heterocycles. The molecule has 0 aliphatic heterocycles. The highest BCUT2D eigenvalue weighted by Crippen LogP contribution is 2.26. The van der Waals surface area contributed by atoms with Crippen LogP contribution in [0.25, 0.3) is 0 Å². The Morgan fingerprint density at radius 3 is 2.46 bits per heavy atom. The van der Waals surface area contributed by atoms with Gasteiger partial charge in [0, 0.05) is 17.3 Å². The average molecular weight is 439 g/mol. The molecule has 3 aromatic rings. The van der Waals surface area contributed by atoms with Crippen molar-refractivity contribution in [2.75, 3.05) is 11.2 Å². The van der Waals surface area contributed by atoms with Gasteiger partial charge in [-0.3, -0.25) is 4.79 Å². The second-order valence-electron chi connectivity index (χ2n) is 6.14. The van der Waals surface area contributed by atoms with Crippen LogP contribution in [0.15, 0.2) is 52.7 Å². The molecular formula is C19H16ClFN2O3S2. The minimum Gasteiger partial charge on any atom is -0.302 e. The summed E-state index contributed by atoms with van der Waals surface area (Å²) in [7, 11) is -3.52. The number of halogens is 2. The van der Waals surface area contributed by atoms with Crippen molar-refractivity contribution >= 4 is 44.4 Å². The second-order valence-corrected chi connectivity index (χ2v) is 9.62. The molecule has 0 spiro atoms. The number of aryl methyl sites for hydroxylation is 1. The lowest BCUT2D eigenvalue weighted by Gasteiger charge is -2.23. The highest BCUT2D eigenvalue weighted by molar-refractivity contribution is 7.90. The Hall–Kier alpha value is -2.29. The van der Waals surface area contributed by atoms with Gasteiger partial charge in [0.2, 0.25) is 0 Å². The number of benzene rings is 2. The number of carbonyl (C=O) groups is 1. The van der Waals surface area contributed by atoms with E-state index in [1.807, 2.05) is 12.3 Å². The van der Waals surface area contributed by atoms with Crippen LogP contribution in [-0.2, 0) is 16.4 Å². The maximum atomic E-state index is 13.4. The van der Waals surface area contributed by atoms with E-state index in [1.54, 1.807) is 0 Å². The van der Waals surface area contributed by atoms with E-state index in [4.69, 9.17) is 11.6 Å². The summed E-state index contributed by atoms with van der Waals surface area (Å²) in [5, 5.41) is 2.80. The van der Waals surface area contributed by atoms with Crippen LogP contribution < -0.4 is 4.90 Å². The highest BCUT2D eigenvalue weighted by Gasteiger charge is 2.23. The Morgan fingerprint density at radius 1 is 1.21 bits per heavy atom. The molecule has 1 amide bonds. The molecule has 0 saturated heterocycles. The van der Waals surface area contributed by atoms with Crippen molar-refractivity contribution < 1.29 is 17.6 Å². The number of rotatable bonds is 5. The largest absolute Gasteiger partial charge is 0.302 e. The van der Waals surface area contributed by atoms with E-state index in [2.05, 4.69) is 4.98 Å². The molecule has 28 heavy (non-hydrogen) atoms. The lowest BCUT2D eigenvalue weighted by Crippen LogP contribution is -2.31. The van der Waals surface area contributed by atoms with Gasteiger partial charge in [0.15, 0.2) is 9.84 Å². The Balaban J connectivity index is 2.07. The van der Waals surface area contributed by atoms with Gasteiger partial charge in [0.25, 0.3) is 5.91 Å². The standard InChI is InChI=1S/C19H16ClFN2O3S2/c1-12-22-14(11-27-12)10-23(15-5-3-13(21)4-6-15)19(24)17-9-16(28(2,25)26)7-8-18(17)20/h3-9,11H,10H2,1-2H3. The summed E-state index contributed by atoms with van der Waals surface area (Å²) in [6.45, 7) is 1.99. The van der Waals surface area contributed by atoms with Crippen LogP contribution in [0, 0.1) is 12.7 Å². The molecule has 0 aliphatic rings. The molecule has 5 nitrogen and oxygen atoms in total. The van der Waals surface area contributed by atoms with E-state index >= 15 is 0 Å². The lowest BCUT2D eigenvalue weighted by atomic mass is 10.1. The van der Waals surface area contributed by atoms with Crippen molar-refractivity contribution in [3.8, 4) is 0 Å². The van der Waals surface area contributed by atoms with E-state index in [0.29, 0.717) is 11.4 Å². The highest BCUT2D eigenvalue weighted by atomic mass is 35.5. The van der Waals surface area contributed by atoms with Crippen molar-refractivity contribution in [2.45, 2.75) is 18.4 Å². The zero-order valence-corrected chi connectivity index (χ0v) is 17.4. The van der Waals surface area contributed by atoms with Gasteiger partial charge in [-0.1, -0.05) is 11.6 Å². The molecule has 1 heterocycles. The summed E-state index contributed by atoms with van der Waals surface area (Å²) in [4.78, 5) is 19.0. The van der Waals surface area contributed by atoms with Crippen molar-refractivity contribution in [2.24, 2.45) is 0 Å². The smallest absolute Gasteiger partial charge is 0.260 e. The zero-order valence-electron chi connectivity index (χ0n) is 15.0. The fourth-order valence-electron chi connectivity index (χ4n) is 2.59. The van der Waals surface area contributed by atoms with Crippen LogP contribution in [0.1, 0.15) is 21.1 Å². The second kappa shape index (κ2) is 7.98. The molecule has 0 radical (unpaired) electrons. The number of aromatic nitrogens is 1. The molecule has 146 valence electrons. The van der Waals surface area contributed by atoms with Gasteiger partial charge in [-0.05, 0) is 49.4 Å². The quantitative estimate of drug-likeness (QED) is 0.588. The fourth-order valence-corrected chi connectivity index (χ4v) is 4.04. The molecular weight excluding hydrogens is 423 g/mol. The van der Waals surface area contributed by atoms with E-state index in [-0.39, 0.29) is 22.0 Å². The predicted octanol–water partition coefficient (Wildman–Crippen LogP) is 4.49. The number of thiazole rings is 1. The SMILES string of the molecule is Cc1nc(CN(C(=O)c2cc(S(C)(=O)=O)ccc2Cl)c2ccc(F)cc2)cs1. The minimum absolute atomic E-state index is 0.0104. The van der Waals surface area contributed by atoms with Crippen LogP contribution >= 0.6 is 22.9 Å². The predicted molar refractivity (Wildman–Crippen MR) is 108 cm³/mol. The van der Waals surface area contributed by atoms with Crippen molar-refractivity contribution in [3.63, 3.8) is 0 Å². The van der Waals surface area contributed by atoms with Crippen LogP contribution in [-0.4, -0.2) is 25.6 Å². The Labute approximate surface area is 171 Å². The van der Waals surface area contributed by atoms with Crippen molar-refractivity contribution in [3.05, 3.63) is 74.9 Å². The number of nitrogens with zero attached hydrogens (tertiary/aromatic N) is 2. The van der Waals surface area contributed by atoms with Gasteiger partial charge in [-0.25, -0.2) is 17.8 Å². The number of amides is 1. The molecule has 3 rings (SSSR count). The topological polar surface area (TPSA) is 67.3 Å². The molecule has 0 unspecified atom stereocenters. The summed E-state index contributed by atoms with van der Waals surface area (Å²) in [6.07, 6.45) is 1.06. The van der Waals surface area contributed by atoms with E-state index in [0.717, 1.165) is 11.3 Å². The number of carbonyl (C=O) groups excluding carboxylic acids is 1. The lowest BCUT2D eigenvalue weighted by molar-refractivity contribution is 0.0984. The van der Waals surface area contributed by atoms with Crippen LogP contribution in [0.5, 0.6) is 0 Å². The summed E-state index contributed by atoms with van der Waals surface area (Å²) in [6, 6.07) is 9.42. The van der Waals surface area contributed by atoms with Gasteiger partial charge in [-0.2, -0.15) is 0 Å². The summed E-state index contributed by atoms with van der Waals surface area (Å²) in [5.74, 6) is -0.939. The van der Waals surface area contributed by atoms with Crippen molar-refractivity contribution in [1.82, 2.24) is 4.98 Å². The van der Waals surface area contributed by atoms with Crippen LogP contribution in [0.2, 0.25) is 5.02 Å². The number of hydrogen-bond donors (Lipinski definition) is 0. The summed E-state index contributed by atoms with van der Waals surface area (Å²) in [5.41, 5.74) is 1.15. The third-order valence-electron chi connectivity index (χ3n) is 3.97. The third kappa shape index (κ3) is 4.57. The first-order valence-corrected chi connectivity index (χ1v) is 11.3. The van der Waals surface area contributed by atoms with Crippen molar-refractivity contribution in [1.29, 1.82) is 0 Å². The maximum absolute atomic E-state index is 13.4. The Bertz CT molecular complexity index is 1130. The molecule has 0 atom stereocenters. The zero-order chi connectivity index (χ0) is 20.5. The van der Waals surface area contributed by atoms with E-state index in [1.165, 1.54) is 58.7 Å². The monoisotopic (exact) mass is 438 g/mol. The summed E-state index contributed by atoms with van der Waals surface area (Å²) < 4.78 is 37.1. The van der Waals surface area contributed by atoms with Gasteiger partial charge in [0.1, 0.15) is 5.82 Å². The normalized spacial score (nSPS) is 11.4. The minimum atomic E-state index is -3.52. The van der Waals surface area contributed by atoms with Crippen LogP contribution in [0.3, 0.4) is 0 Å². The molecule has 0 N–H and O–H groups in total. The van der Waals surface area contributed by atoms with E-state index in [9.17, 15) is 17.6 Å². The molecule has 9 heteroatoms. The Kier molecular flexibility index (Phi) is 5.83. The maximum Gasteiger partial charge on any atom is 0.260 e. The number of sulfone groups is 1. The average Bonchev–Trinajstić information content (AvgIpc) is 3.04. The van der Waals surface area contributed by atoms with E-state index < -0.39 is 21.6 Å². The number of hydrogen-bond acceptors (Lipinski definition) is 5. The number of anilines is 1. The molecule has 0 saturated carbocycles. The summed E-state index contributed by atoms with van der Waals surface area (Å²) >= 11 is 7.64. The first-order chi connectivity index (χ1) is 13.1. The van der Waals surface area contributed by atoms with Gasteiger partial charge in [-0.15, -0.1) is 11.3 Å². The first kappa shape index (κ1) is 20.4. The van der Waals surface area contributed by atoms with Gasteiger partial charge in [0.05, 0.1) is 32.7 Å². The first-order valence-electron chi connectivity index (χ1n) is 8.13.